The van der Waals surface area contributed by atoms with Gasteiger partial charge >= 0.3 is 6.18 Å². The van der Waals surface area contributed by atoms with Crippen LogP contribution >= 0.6 is 15.9 Å². The molecule has 2 aliphatic rings. The van der Waals surface area contributed by atoms with Crippen molar-refractivity contribution in [2.45, 2.75) is 71.8 Å². The minimum Gasteiger partial charge on any atom is -0.490 e. The van der Waals surface area contributed by atoms with E-state index >= 15 is 0 Å². The first-order valence-corrected chi connectivity index (χ1v) is 15.2. The van der Waals surface area contributed by atoms with E-state index in [-0.39, 0.29) is 40.6 Å². The Morgan fingerprint density at radius 1 is 1.05 bits per heavy atom. The van der Waals surface area contributed by atoms with Crippen LogP contribution in [-0.2, 0) is 19.1 Å². The number of carbonyl (C=O) groups is 1. The van der Waals surface area contributed by atoms with Crippen molar-refractivity contribution in [1.82, 2.24) is 24.2 Å². The SMILES string of the molecule is Cc1cc(C)n(-c2nc3c(c(=O)n2-c2ccc(OC4CC(C)C4)cc2)CC(C)N(C(=O)c2ccc(Br)c(C(F)(F)F)c2)C3)n1. The van der Waals surface area contributed by atoms with Gasteiger partial charge in [0, 0.05) is 27.3 Å². The maximum absolute atomic E-state index is 14.2. The van der Waals surface area contributed by atoms with E-state index < -0.39 is 23.7 Å². The van der Waals surface area contributed by atoms with Crippen LogP contribution in [0, 0.1) is 19.8 Å². The van der Waals surface area contributed by atoms with Crippen LogP contribution in [0.1, 0.15) is 65.3 Å². The van der Waals surface area contributed by atoms with Gasteiger partial charge in [-0.05, 0) is 94.5 Å². The monoisotopic (exact) mass is 669 g/mol. The highest BCUT2D eigenvalue weighted by Gasteiger charge is 2.36. The molecule has 44 heavy (non-hydrogen) atoms. The first-order chi connectivity index (χ1) is 20.8. The summed E-state index contributed by atoms with van der Waals surface area (Å²) >= 11 is 2.93. The molecule has 3 heterocycles. The number of fused-ring (bicyclic) bond motifs is 1. The fourth-order valence-electron chi connectivity index (χ4n) is 5.96. The molecule has 1 unspecified atom stereocenters. The van der Waals surface area contributed by atoms with Crippen molar-refractivity contribution in [3.05, 3.63) is 97.1 Å². The zero-order valence-electron chi connectivity index (χ0n) is 24.7. The van der Waals surface area contributed by atoms with Gasteiger partial charge in [-0.3, -0.25) is 9.59 Å². The van der Waals surface area contributed by atoms with Crippen LogP contribution in [0.3, 0.4) is 0 Å². The summed E-state index contributed by atoms with van der Waals surface area (Å²) in [5, 5.41) is 4.58. The molecule has 2 aromatic carbocycles. The third-order valence-electron chi connectivity index (χ3n) is 8.30. The number of benzene rings is 2. The summed E-state index contributed by atoms with van der Waals surface area (Å²) < 4.78 is 49.7. The normalized spacial score (nSPS) is 19.8. The standard InChI is InChI=1S/C32H31BrF3N5O3/c1-17-11-24(12-17)44-23-8-6-22(7-9-23)40-30(43)25-14-19(3)39(16-28(25)37-31(40)41-20(4)13-18(2)38-41)29(42)21-5-10-27(33)26(15-21)32(34,35)36/h5-10,13,15,17,19,24H,11-12,14,16H2,1-4H3. The molecule has 1 atom stereocenters. The molecule has 4 aromatic rings. The van der Waals surface area contributed by atoms with Crippen LogP contribution in [0.15, 0.2) is 57.8 Å². The quantitative estimate of drug-likeness (QED) is 0.240. The van der Waals surface area contributed by atoms with E-state index in [1.165, 1.54) is 21.6 Å². The highest BCUT2D eigenvalue weighted by molar-refractivity contribution is 9.10. The van der Waals surface area contributed by atoms with E-state index in [0.29, 0.717) is 22.9 Å². The van der Waals surface area contributed by atoms with Crippen molar-refractivity contribution >= 4 is 21.8 Å². The number of rotatable bonds is 5. The van der Waals surface area contributed by atoms with Gasteiger partial charge in [-0.2, -0.15) is 18.3 Å². The maximum atomic E-state index is 14.2. The Hall–Kier alpha value is -3.93. The Bertz CT molecular complexity index is 1810. The molecule has 0 N–H and O–H groups in total. The first-order valence-electron chi connectivity index (χ1n) is 14.4. The van der Waals surface area contributed by atoms with Gasteiger partial charge in [-0.1, -0.05) is 22.9 Å². The lowest BCUT2D eigenvalue weighted by Crippen LogP contribution is -2.46. The lowest BCUT2D eigenvalue weighted by atomic mass is 9.84. The molecule has 1 saturated carbocycles. The van der Waals surface area contributed by atoms with E-state index in [1.54, 1.807) is 11.6 Å². The van der Waals surface area contributed by atoms with Crippen LogP contribution in [0.4, 0.5) is 13.2 Å². The smallest absolute Gasteiger partial charge is 0.417 e. The highest BCUT2D eigenvalue weighted by Crippen LogP contribution is 2.36. The molecular formula is C32H31BrF3N5O3. The van der Waals surface area contributed by atoms with Gasteiger partial charge in [0.15, 0.2) is 0 Å². The maximum Gasteiger partial charge on any atom is 0.417 e. The number of nitrogens with zero attached hydrogens (tertiary/aromatic N) is 5. The van der Waals surface area contributed by atoms with Gasteiger partial charge < -0.3 is 9.64 Å². The molecule has 0 radical (unpaired) electrons. The predicted octanol–water partition coefficient (Wildman–Crippen LogP) is 6.58. The Kier molecular flexibility index (Phi) is 7.67. The van der Waals surface area contributed by atoms with Crippen molar-refractivity contribution < 1.29 is 22.7 Å². The molecule has 0 saturated heterocycles. The number of hydrogen-bond acceptors (Lipinski definition) is 5. The van der Waals surface area contributed by atoms with Crippen LogP contribution in [0.2, 0.25) is 0 Å². The second kappa shape index (κ2) is 11.2. The van der Waals surface area contributed by atoms with Crippen LogP contribution in [0.25, 0.3) is 11.6 Å². The molecule has 230 valence electrons. The summed E-state index contributed by atoms with van der Waals surface area (Å²) in [7, 11) is 0. The summed E-state index contributed by atoms with van der Waals surface area (Å²) in [5.41, 5.74) is 1.59. The minimum atomic E-state index is -4.63. The molecule has 0 bridgehead atoms. The van der Waals surface area contributed by atoms with E-state index in [9.17, 15) is 22.8 Å². The molecule has 6 rings (SSSR count). The zero-order chi connectivity index (χ0) is 31.5. The number of hydrogen-bond donors (Lipinski definition) is 0. The first kappa shape index (κ1) is 30.1. The molecule has 1 aliphatic heterocycles. The number of aromatic nitrogens is 4. The molecule has 1 aliphatic carbocycles. The van der Waals surface area contributed by atoms with Gasteiger partial charge in [0.1, 0.15) is 5.75 Å². The van der Waals surface area contributed by atoms with Gasteiger partial charge in [-0.25, -0.2) is 14.2 Å². The molecule has 8 nitrogen and oxygen atoms in total. The van der Waals surface area contributed by atoms with Gasteiger partial charge in [0.05, 0.1) is 35.3 Å². The van der Waals surface area contributed by atoms with E-state index in [0.717, 1.165) is 36.0 Å². The summed E-state index contributed by atoms with van der Waals surface area (Å²) in [6, 6.07) is 12.1. The number of amides is 1. The predicted molar refractivity (Wildman–Crippen MR) is 161 cm³/mol. The Labute approximate surface area is 260 Å². The fourth-order valence-corrected chi connectivity index (χ4v) is 6.43. The average molecular weight is 671 g/mol. The summed E-state index contributed by atoms with van der Waals surface area (Å²) in [6.45, 7) is 7.63. The second-order valence-corrected chi connectivity index (χ2v) is 12.7. The van der Waals surface area contributed by atoms with Crippen LogP contribution in [-0.4, -0.2) is 42.3 Å². The van der Waals surface area contributed by atoms with Gasteiger partial charge in [0.25, 0.3) is 11.5 Å². The fraction of sp³-hybridized carbons (Fsp3) is 0.375. The average Bonchev–Trinajstić information content (AvgIpc) is 3.29. The van der Waals surface area contributed by atoms with E-state index in [1.807, 2.05) is 44.2 Å². The third kappa shape index (κ3) is 5.55. The van der Waals surface area contributed by atoms with Crippen LogP contribution < -0.4 is 10.3 Å². The Morgan fingerprint density at radius 3 is 2.36 bits per heavy atom. The summed E-state index contributed by atoms with van der Waals surface area (Å²) in [6.07, 6.45) is -2.22. The number of carbonyl (C=O) groups excluding carboxylic acids is 1. The van der Waals surface area contributed by atoms with Gasteiger partial charge in [-0.15, -0.1) is 0 Å². The molecule has 2 aromatic heterocycles. The van der Waals surface area contributed by atoms with E-state index in [2.05, 4.69) is 28.0 Å². The second-order valence-electron chi connectivity index (χ2n) is 11.8. The Morgan fingerprint density at radius 2 is 1.75 bits per heavy atom. The number of halogens is 4. The molecule has 12 heteroatoms. The van der Waals surface area contributed by atoms with Crippen molar-refractivity contribution in [2.75, 3.05) is 0 Å². The number of aryl methyl sites for hydroxylation is 2. The number of ether oxygens (including phenoxy) is 1. The zero-order valence-corrected chi connectivity index (χ0v) is 26.2. The molecule has 1 fully saturated rings. The third-order valence-corrected chi connectivity index (χ3v) is 8.99. The number of alkyl halides is 3. The molecule has 1 amide bonds. The van der Waals surface area contributed by atoms with Gasteiger partial charge in [0.2, 0.25) is 5.95 Å². The van der Waals surface area contributed by atoms with Crippen LogP contribution in [0.5, 0.6) is 5.75 Å². The summed E-state index contributed by atoms with van der Waals surface area (Å²) in [4.78, 5) is 34.1. The van der Waals surface area contributed by atoms with Crippen molar-refractivity contribution in [3.63, 3.8) is 0 Å². The largest absolute Gasteiger partial charge is 0.490 e. The minimum absolute atomic E-state index is 0.0400. The van der Waals surface area contributed by atoms with Crippen molar-refractivity contribution in [1.29, 1.82) is 0 Å². The van der Waals surface area contributed by atoms with Crippen molar-refractivity contribution in [2.24, 2.45) is 5.92 Å². The van der Waals surface area contributed by atoms with Crippen molar-refractivity contribution in [3.8, 4) is 17.4 Å². The Balaban J connectivity index is 1.39. The topological polar surface area (TPSA) is 82.2 Å². The van der Waals surface area contributed by atoms with E-state index in [4.69, 9.17) is 9.72 Å². The lowest BCUT2D eigenvalue weighted by Gasteiger charge is -2.35. The highest BCUT2D eigenvalue weighted by atomic mass is 79.9. The molecular weight excluding hydrogens is 639 g/mol. The summed E-state index contributed by atoms with van der Waals surface area (Å²) in [5.74, 6) is 1.06. The lowest BCUT2D eigenvalue weighted by molar-refractivity contribution is -0.138. The molecule has 0 spiro atoms.